The number of carbonyl (C=O) groups is 1. The van der Waals surface area contributed by atoms with Gasteiger partial charge in [-0.15, -0.1) is 0 Å². The Morgan fingerprint density at radius 2 is 2.25 bits per heavy atom. The van der Waals surface area contributed by atoms with Gasteiger partial charge in [0, 0.05) is 35.3 Å². The predicted molar refractivity (Wildman–Crippen MR) is 77.6 cm³/mol. The number of fused-ring (bicyclic) bond motifs is 1. The first kappa shape index (κ1) is 13.3. The smallest absolute Gasteiger partial charge is 0.337 e. The summed E-state index contributed by atoms with van der Waals surface area (Å²) in [6.45, 7) is 0.551. The third-order valence-corrected chi connectivity index (χ3v) is 4.33. The Hall–Kier alpha value is -1.69. The van der Waals surface area contributed by atoms with Crippen molar-refractivity contribution in [1.29, 1.82) is 0 Å². The molecule has 0 bridgehead atoms. The van der Waals surface area contributed by atoms with Gasteiger partial charge in [0.1, 0.15) is 5.82 Å². The highest BCUT2D eigenvalue weighted by Gasteiger charge is 2.30. The van der Waals surface area contributed by atoms with Gasteiger partial charge in [-0.2, -0.15) is 0 Å². The Balaban J connectivity index is 2.17. The van der Waals surface area contributed by atoms with Gasteiger partial charge in [-0.25, -0.2) is 9.78 Å². The van der Waals surface area contributed by atoms with E-state index in [1.54, 1.807) is 18.4 Å². The maximum Gasteiger partial charge on any atom is 0.337 e. The van der Waals surface area contributed by atoms with E-state index in [4.69, 9.17) is 0 Å². The Morgan fingerprint density at radius 3 is 2.85 bits per heavy atom. The number of aromatic nitrogens is 2. The fraction of sp³-hybridized carbons (Fsp3) is 0.429. The highest BCUT2D eigenvalue weighted by molar-refractivity contribution is 7.84. The molecule has 106 valence electrons. The zero-order chi connectivity index (χ0) is 14.3. The molecule has 0 spiro atoms. The Bertz CT molecular complexity index is 704. The second kappa shape index (κ2) is 5.01. The van der Waals surface area contributed by atoms with Crippen molar-refractivity contribution < 1.29 is 14.1 Å². The Labute approximate surface area is 119 Å². The van der Waals surface area contributed by atoms with Crippen molar-refractivity contribution in [2.75, 3.05) is 12.0 Å². The summed E-state index contributed by atoms with van der Waals surface area (Å²) in [7, 11) is -0.908. The first-order chi connectivity index (χ1) is 9.58. The molecule has 1 N–H and O–H groups in total. The zero-order valence-electron chi connectivity index (χ0n) is 11.2. The van der Waals surface area contributed by atoms with Crippen molar-refractivity contribution in [2.45, 2.75) is 25.3 Å². The highest BCUT2D eigenvalue weighted by Crippen LogP contribution is 2.41. The Morgan fingerprint density at radius 1 is 1.50 bits per heavy atom. The van der Waals surface area contributed by atoms with E-state index in [9.17, 15) is 14.1 Å². The largest absolute Gasteiger partial charge is 0.478 e. The summed E-state index contributed by atoms with van der Waals surface area (Å²) in [6, 6.07) is 5.16. The van der Waals surface area contributed by atoms with Crippen LogP contribution in [0, 0.1) is 0 Å². The second-order valence-corrected chi connectivity index (χ2v) is 6.71. The number of imidazole rings is 1. The van der Waals surface area contributed by atoms with E-state index in [0.29, 0.717) is 29.2 Å². The molecule has 3 rings (SSSR count). The van der Waals surface area contributed by atoms with Crippen molar-refractivity contribution in [3.8, 4) is 0 Å². The lowest BCUT2D eigenvalue weighted by atomic mass is 10.2. The van der Waals surface area contributed by atoms with Crippen molar-refractivity contribution in [3.63, 3.8) is 0 Å². The topological polar surface area (TPSA) is 72.2 Å². The number of carboxylic acids is 1. The van der Waals surface area contributed by atoms with Crippen LogP contribution in [0.4, 0.5) is 0 Å². The molecule has 1 aliphatic rings. The normalized spacial score (nSPS) is 16.4. The number of hydrogen-bond acceptors (Lipinski definition) is 3. The molecule has 0 aliphatic heterocycles. The van der Waals surface area contributed by atoms with E-state index in [1.165, 1.54) is 0 Å². The lowest BCUT2D eigenvalue weighted by Gasteiger charge is -2.09. The molecule has 6 heteroatoms. The van der Waals surface area contributed by atoms with E-state index >= 15 is 0 Å². The molecule has 20 heavy (non-hydrogen) atoms. The summed E-state index contributed by atoms with van der Waals surface area (Å²) >= 11 is 0. The zero-order valence-corrected chi connectivity index (χ0v) is 12.0. The van der Waals surface area contributed by atoms with Crippen molar-refractivity contribution >= 4 is 27.8 Å². The number of para-hydroxylation sites is 1. The minimum atomic E-state index is -0.947. The van der Waals surface area contributed by atoms with Gasteiger partial charge in [0.05, 0.1) is 16.6 Å². The molecule has 0 saturated heterocycles. The standard InChI is InChI=1S/C14H16N2O3S/c1-20(19)8-7-16-12-10(14(17)18)3-2-4-11(12)15-13(16)9-5-6-9/h2-4,9H,5-8H2,1H3,(H,17,18). The van der Waals surface area contributed by atoms with Gasteiger partial charge in [0.15, 0.2) is 0 Å². The summed E-state index contributed by atoms with van der Waals surface area (Å²) in [5, 5.41) is 9.35. The van der Waals surface area contributed by atoms with Gasteiger partial charge in [-0.05, 0) is 25.0 Å². The highest BCUT2D eigenvalue weighted by atomic mass is 32.2. The molecule has 1 heterocycles. The van der Waals surface area contributed by atoms with Crippen LogP contribution in [0.25, 0.3) is 11.0 Å². The molecular weight excluding hydrogens is 276 g/mol. The minimum Gasteiger partial charge on any atom is -0.478 e. The first-order valence-electron chi connectivity index (χ1n) is 6.60. The van der Waals surface area contributed by atoms with Crippen LogP contribution in [0.2, 0.25) is 0 Å². The molecule has 1 unspecified atom stereocenters. The molecule has 1 aromatic heterocycles. The molecule has 2 aromatic rings. The van der Waals surface area contributed by atoms with Crippen LogP contribution < -0.4 is 0 Å². The van der Waals surface area contributed by atoms with Crippen LogP contribution in [-0.2, 0) is 17.3 Å². The molecule has 1 atom stereocenters. The predicted octanol–water partition coefficient (Wildman–Crippen LogP) is 1.99. The van der Waals surface area contributed by atoms with E-state index < -0.39 is 16.8 Å². The third kappa shape index (κ3) is 2.35. The summed E-state index contributed by atoms with van der Waals surface area (Å²) in [6.07, 6.45) is 3.86. The van der Waals surface area contributed by atoms with Gasteiger partial charge in [0.25, 0.3) is 0 Å². The van der Waals surface area contributed by atoms with Gasteiger partial charge in [-0.3, -0.25) is 4.21 Å². The van der Waals surface area contributed by atoms with Crippen LogP contribution in [0.15, 0.2) is 18.2 Å². The van der Waals surface area contributed by atoms with Gasteiger partial charge in [0.2, 0.25) is 0 Å². The number of carboxylic acid groups (broad SMARTS) is 1. The van der Waals surface area contributed by atoms with Crippen LogP contribution in [0.3, 0.4) is 0 Å². The number of aryl methyl sites for hydroxylation is 1. The summed E-state index contributed by atoms with van der Waals surface area (Å²) in [4.78, 5) is 16.0. The third-order valence-electron chi connectivity index (χ3n) is 3.57. The molecule has 0 radical (unpaired) electrons. The lowest BCUT2D eigenvalue weighted by molar-refractivity contribution is 0.0698. The van der Waals surface area contributed by atoms with Gasteiger partial charge < -0.3 is 9.67 Å². The second-order valence-electron chi connectivity index (χ2n) is 5.15. The van der Waals surface area contributed by atoms with E-state index in [-0.39, 0.29) is 5.56 Å². The van der Waals surface area contributed by atoms with Gasteiger partial charge in [-0.1, -0.05) is 6.07 Å². The summed E-state index contributed by atoms with van der Waals surface area (Å²) < 4.78 is 13.3. The average molecular weight is 292 g/mol. The monoisotopic (exact) mass is 292 g/mol. The van der Waals surface area contributed by atoms with E-state index in [0.717, 1.165) is 18.7 Å². The Kier molecular flexibility index (Phi) is 3.33. The SMILES string of the molecule is CS(=O)CCn1c(C2CC2)nc2cccc(C(=O)O)c21. The van der Waals surface area contributed by atoms with Crippen molar-refractivity contribution in [1.82, 2.24) is 9.55 Å². The van der Waals surface area contributed by atoms with Crippen LogP contribution >= 0.6 is 0 Å². The number of benzene rings is 1. The number of nitrogens with zero attached hydrogens (tertiary/aromatic N) is 2. The van der Waals surface area contributed by atoms with E-state index in [2.05, 4.69) is 4.98 Å². The maximum atomic E-state index is 11.4. The molecule has 0 amide bonds. The van der Waals surface area contributed by atoms with E-state index in [1.807, 2.05) is 10.6 Å². The van der Waals surface area contributed by atoms with Crippen LogP contribution in [0.1, 0.15) is 34.9 Å². The first-order valence-corrected chi connectivity index (χ1v) is 8.33. The molecule has 5 nitrogen and oxygen atoms in total. The van der Waals surface area contributed by atoms with Crippen LogP contribution in [-0.4, -0.2) is 36.8 Å². The summed E-state index contributed by atoms with van der Waals surface area (Å²) in [5.74, 6) is 0.935. The minimum absolute atomic E-state index is 0.267. The molecule has 1 fully saturated rings. The number of rotatable bonds is 5. The quantitative estimate of drug-likeness (QED) is 0.914. The van der Waals surface area contributed by atoms with Crippen molar-refractivity contribution in [2.24, 2.45) is 0 Å². The van der Waals surface area contributed by atoms with Crippen molar-refractivity contribution in [3.05, 3.63) is 29.6 Å². The average Bonchev–Trinajstić information content (AvgIpc) is 3.17. The van der Waals surface area contributed by atoms with Crippen LogP contribution in [0.5, 0.6) is 0 Å². The maximum absolute atomic E-state index is 11.4. The number of aromatic carboxylic acids is 1. The lowest BCUT2D eigenvalue weighted by Crippen LogP contribution is -2.11. The fourth-order valence-corrected chi connectivity index (χ4v) is 2.92. The number of hydrogen-bond donors (Lipinski definition) is 1. The molecule has 1 saturated carbocycles. The molecule has 1 aliphatic carbocycles. The fourth-order valence-electron chi connectivity index (χ4n) is 2.48. The molecular formula is C14H16N2O3S. The molecule has 1 aromatic carbocycles. The van der Waals surface area contributed by atoms with Gasteiger partial charge >= 0.3 is 5.97 Å². The summed E-state index contributed by atoms with van der Waals surface area (Å²) in [5.41, 5.74) is 1.64.